The van der Waals surface area contributed by atoms with Crippen molar-refractivity contribution in [2.24, 2.45) is 0 Å². The van der Waals surface area contributed by atoms with Crippen LogP contribution in [-0.2, 0) is 4.79 Å². The van der Waals surface area contributed by atoms with Gasteiger partial charge in [0.1, 0.15) is 6.04 Å². The van der Waals surface area contributed by atoms with Crippen LogP contribution in [0.3, 0.4) is 0 Å². The van der Waals surface area contributed by atoms with Crippen molar-refractivity contribution in [3.05, 3.63) is 33.4 Å². The first-order chi connectivity index (χ1) is 9.06. The summed E-state index contributed by atoms with van der Waals surface area (Å²) in [5.41, 5.74) is 0.512. The molecule has 0 fully saturated rings. The Balaban J connectivity index is 2.66. The number of nitrogens with one attached hydrogen (secondary N) is 1. The number of rotatable bonds is 7. The van der Waals surface area contributed by atoms with Crippen molar-refractivity contribution in [1.29, 1.82) is 0 Å². The number of aliphatic carboxylic acids is 1. The molecule has 0 saturated carbocycles. The summed E-state index contributed by atoms with van der Waals surface area (Å²) in [6, 6.07) is 6.28. The molecule has 1 atom stereocenters. The van der Waals surface area contributed by atoms with Crippen molar-refractivity contribution < 1.29 is 14.7 Å². The highest BCUT2D eigenvalue weighted by molar-refractivity contribution is 14.1. The summed E-state index contributed by atoms with van der Waals surface area (Å²) in [6.07, 6.45) is 0.434. The molecule has 0 aliphatic rings. The van der Waals surface area contributed by atoms with Crippen LogP contribution in [0.15, 0.2) is 24.3 Å². The number of amides is 1. The molecule has 0 radical (unpaired) electrons. The number of hydrogen-bond acceptors (Lipinski definition) is 3. The summed E-state index contributed by atoms with van der Waals surface area (Å²) in [6.45, 7) is 2.02. The molecule has 0 bridgehead atoms. The molecule has 1 unspecified atom stereocenters. The standard InChI is InChI=1S/C13H16INO3S/c1-2-19-8-7-11(13(17)18)15-12(16)9-5-3-4-6-10(9)14/h3-6,11H,2,7-8H2,1H3,(H,15,16)(H,17,18). The summed E-state index contributed by atoms with van der Waals surface area (Å²) in [5.74, 6) is 0.339. The lowest BCUT2D eigenvalue weighted by atomic mass is 10.1. The van der Waals surface area contributed by atoms with E-state index in [1.54, 1.807) is 23.9 Å². The molecule has 2 N–H and O–H groups in total. The van der Waals surface area contributed by atoms with Crippen LogP contribution in [0.1, 0.15) is 23.7 Å². The van der Waals surface area contributed by atoms with Gasteiger partial charge in [0.25, 0.3) is 5.91 Å². The van der Waals surface area contributed by atoms with E-state index >= 15 is 0 Å². The number of carboxylic acid groups (broad SMARTS) is 1. The van der Waals surface area contributed by atoms with Crippen LogP contribution in [0.25, 0.3) is 0 Å². The SMILES string of the molecule is CCSCCC(NC(=O)c1ccccc1I)C(=O)O. The van der Waals surface area contributed by atoms with Crippen LogP contribution in [0, 0.1) is 3.57 Å². The molecular formula is C13H16INO3S. The molecule has 0 spiro atoms. The Kier molecular flexibility index (Phi) is 7.22. The van der Waals surface area contributed by atoms with E-state index in [9.17, 15) is 9.59 Å². The van der Waals surface area contributed by atoms with Gasteiger partial charge in [0, 0.05) is 3.57 Å². The van der Waals surface area contributed by atoms with Crippen LogP contribution < -0.4 is 5.32 Å². The molecule has 19 heavy (non-hydrogen) atoms. The molecule has 0 heterocycles. The Labute approximate surface area is 130 Å². The quantitative estimate of drug-likeness (QED) is 0.552. The fourth-order valence-corrected chi connectivity index (χ4v) is 2.81. The van der Waals surface area contributed by atoms with Crippen LogP contribution >= 0.6 is 34.4 Å². The van der Waals surface area contributed by atoms with E-state index < -0.39 is 12.0 Å². The molecule has 6 heteroatoms. The van der Waals surface area contributed by atoms with E-state index in [0.29, 0.717) is 12.0 Å². The third kappa shape index (κ3) is 5.40. The minimum atomic E-state index is -0.990. The van der Waals surface area contributed by atoms with Crippen molar-refractivity contribution in [2.75, 3.05) is 11.5 Å². The van der Waals surface area contributed by atoms with Crippen LogP contribution in [0.5, 0.6) is 0 Å². The highest BCUT2D eigenvalue weighted by Crippen LogP contribution is 2.12. The highest BCUT2D eigenvalue weighted by atomic mass is 127. The van der Waals surface area contributed by atoms with Gasteiger partial charge in [-0.15, -0.1) is 0 Å². The number of carbonyl (C=O) groups excluding carboxylic acids is 1. The molecule has 104 valence electrons. The van der Waals surface area contributed by atoms with Crippen molar-refractivity contribution >= 4 is 46.2 Å². The van der Waals surface area contributed by atoms with Gasteiger partial charge in [-0.2, -0.15) is 11.8 Å². The zero-order valence-electron chi connectivity index (χ0n) is 10.6. The molecule has 0 aliphatic carbocycles. The van der Waals surface area contributed by atoms with E-state index in [4.69, 9.17) is 5.11 Å². The second kappa shape index (κ2) is 8.42. The molecule has 0 aromatic heterocycles. The maximum Gasteiger partial charge on any atom is 0.326 e. The number of carbonyl (C=O) groups is 2. The predicted octanol–water partition coefficient (Wildman–Crippen LogP) is 2.62. The van der Waals surface area contributed by atoms with Gasteiger partial charge in [0.05, 0.1) is 5.56 Å². The van der Waals surface area contributed by atoms with Gasteiger partial charge < -0.3 is 10.4 Å². The van der Waals surface area contributed by atoms with E-state index in [0.717, 1.165) is 15.1 Å². The Morgan fingerprint density at radius 2 is 2.11 bits per heavy atom. The van der Waals surface area contributed by atoms with Gasteiger partial charge in [-0.25, -0.2) is 4.79 Å². The molecule has 0 saturated heterocycles. The summed E-state index contributed by atoms with van der Waals surface area (Å²) in [4.78, 5) is 23.1. The topological polar surface area (TPSA) is 66.4 Å². The first kappa shape index (κ1) is 16.3. The predicted molar refractivity (Wildman–Crippen MR) is 85.7 cm³/mol. The van der Waals surface area contributed by atoms with E-state index in [1.807, 2.05) is 19.1 Å². The molecule has 4 nitrogen and oxygen atoms in total. The summed E-state index contributed by atoms with van der Waals surface area (Å²) >= 11 is 3.73. The molecular weight excluding hydrogens is 377 g/mol. The van der Waals surface area contributed by atoms with E-state index in [-0.39, 0.29) is 5.91 Å². The minimum Gasteiger partial charge on any atom is -0.480 e. The third-order valence-corrected chi connectivity index (χ3v) is 4.35. The second-order valence-electron chi connectivity index (χ2n) is 3.83. The van der Waals surface area contributed by atoms with Gasteiger partial charge >= 0.3 is 5.97 Å². The molecule has 1 amide bonds. The van der Waals surface area contributed by atoms with Crippen molar-refractivity contribution in [2.45, 2.75) is 19.4 Å². The lowest BCUT2D eigenvalue weighted by Crippen LogP contribution is -2.41. The zero-order valence-corrected chi connectivity index (χ0v) is 13.5. The Bertz CT molecular complexity index is 453. The fraction of sp³-hybridized carbons (Fsp3) is 0.385. The van der Waals surface area contributed by atoms with E-state index in [1.165, 1.54) is 0 Å². The first-order valence-electron chi connectivity index (χ1n) is 5.92. The average molecular weight is 393 g/mol. The normalized spacial score (nSPS) is 11.9. The summed E-state index contributed by atoms with van der Waals surface area (Å²) < 4.78 is 0.810. The molecule has 1 rings (SSSR count). The van der Waals surface area contributed by atoms with Crippen LogP contribution in [0.4, 0.5) is 0 Å². The Hall–Kier alpha value is -0.760. The monoisotopic (exact) mass is 393 g/mol. The number of hydrogen-bond donors (Lipinski definition) is 2. The van der Waals surface area contributed by atoms with Gasteiger partial charge in [0.15, 0.2) is 0 Å². The highest BCUT2D eigenvalue weighted by Gasteiger charge is 2.21. The van der Waals surface area contributed by atoms with Crippen molar-refractivity contribution in [3.8, 4) is 0 Å². The maximum atomic E-state index is 12.0. The number of benzene rings is 1. The van der Waals surface area contributed by atoms with Crippen LogP contribution in [-0.4, -0.2) is 34.5 Å². The summed E-state index contributed by atoms with van der Waals surface area (Å²) in [5, 5.41) is 11.7. The van der Waals surface area contributed by atoms with Crippen molar-refractivity contribution in [3.63, 3.8) is 0 Å². The largest absolute Gasteiger partial charge is 0.480 e. The van der Waals surface area contributed by atoms with Gasteiger partial charge in [0.2, 0.25) is 0 Å². The number of thioether (sulfide) groups is 1. The fourth-order valence-electron chi connectivity index (χ4n) is 1.48. The minimum absolute atomic E-state index is 0.334. The smallest absolute Gasteiger partial charge is 0.326 e. The first-order valence-corrected chi connectivity index (χ1v) is 8.15. The number of carboxylic acids is 1. The number of halogens is 1. The van der Waals surface area contributed by atoms with Crippen molar-refractivity contribution in [1.82, 2.24) is 5.32 Å². The summed E-state index contributed by atoms with van der Waals surface area (Å²) in [7, 11) is 0. The Morgan fingerprint density at radius 3 is 2.68 bits per heavy atom. The molecule has 1 aromatic carbocycles. The van der Waals surface area contributed by atoms with Gasteiger partial charge in [-0.05, 0) is 52.7 Å². The lowest BCUT2D eigenvalue weighted by Gasteiger charge is -2.14. The Morgan fingerprint density at radius 1 is 1.42 bits per heavy atom. The zero-order chi connectivity index (χ0) is 14.3. The van der Waals surface area contributed by atoms with Crippen LogP contribution in [0.2, 0.25) is 0 Å². The third-order valence-electron chi connectivity index (χ3n) is 2.48. The molecule has 1 aromatic rings. The lowest BCUT2D eigenvalue weighted by molar-refractivity contribution is -0.139. The average Bonchev–Trinajstić information content (AvgIpc) is 2.38. The van der Waals surface area contributed by atoms with Gasteiger partial charge in [-0.3, -0.25) is 4.79 Å². The maximum absolute atomic E-state index is 12.0. The van der Waals surface area contributed by atoms with E-state index in [2.05, 4.69) is 27.9 Å². The second-order valence-corrected chi connectivity index (χ2v) is 6.39. The van der Waals surface area contributed by atoms with Gasteiger partial charge in [-0.1, -0.05) is 19.1 Å². The molecule has 0 aliphatic heterocycles.